The van der Waals surface area contributed by atoms with Crippen LogP contribution in [0.5, 0.6) is 0 Å². The minimum atomic E-state index is -0.789. The highest BCUT2D eigenvalue weighted by Gasteiger charge is 2.19. The minimum Gasteiger partial charge on any atom is -0.462 e. The average Bonchev–Trinajstić information content (AvgIpc) is 3.28. The molecule has 0 aromatic rings. The van der Waals surface area contributed by atoms with Gasteiger partial charge in [-0.2, -0.15) is 0 Å². The van der Waals surface area contributed by atoms with Gasteiger partial charge in [0.25, 0.3) is 0 Å². The maximum absolute atomic E-state index is 12.8. The first-order valence-electron chi connectivity index (χ1n) is 26.8. The third kappa shape index (κ3) is 50.0. The van der Waals surface area contributed by atoms with Crippen LogP contribution >= 0.6 is 0 Å². The van der Waals surface area contributed by atoms with Gasteiger partial charge in [-0.15, -0.1) is 0 Å². The van der Waals surface area contributed by atoms with E-state index in [-0.39, 0.29) is 31.1 Å². The van der Waals surface area contributed by atoms with Gasteiger partial charge < -0.3 is 14.2 Å². The van der Waals surface area contributed by atoms with Crippen molar-refractivity contribution in [2.24, 2.45) is 0 Å². The smallest absolute Gasteiger partial charge is 0.306 e. The highest BCUT2D eigenvalue weighted by atomic mass is 16.6. The SMILES string of the molecule is CC\C=C/C=C\C=C/CCCCCCCCCC(=O)OC(COC(=O)CCCCC/C=C\CCCCCCCCC)COC(=O)CCCCCCC/C=C\CCCCCCCCC. The molecule has 6 heteroatoms. The largest absolute Gasteiger partial charge is 0.462 e. The van der Waals surface area contributed by atoms with Crippen molar-refractivity contribution in [1.29, 1.82) is 0 Å². The number of carbonyl (C=O) groups is 3. The minimum absolute atomic E-state index is 0.0877. The van der Waals surface area contributed by atoms with Gasteiger partial charge in [-0.25, -0.2) is 0 Å². The van der Waals surface area contributed by atoms with Crippen molar-refractivity contribution in [3.05, 3.63) is 60.8 Å². The van der Waals surface area contributed by atoms with Crippen LogP contribution < -0.4 is 0 Å². The van der Waals surface area contributed by atoms with E-state index in [1.165, 1.54) is 135 Å². The molecule has 0 bridgehead atoms. The van der Waals surface area contributed by atoms with E-state index in [0.29, 0.717) is 19.3 Å². The lowest BCUT2D eigenvalue weighted by Gasteiger charge is -2.18. The molecular formula is C57H100O6. The van der Waals surface area contributed by atoms with E-state index >= 15 is 0 Å². The van der Waals surface area contributed by atoms with Crippen molar-refractivity contribution in [3.8, 4) is 0 Å². The Morgan fingerprint density at radius 3 is 1.02 bits per heavy atom. The summed E-state index contributed by atoms with van der Waals surface area (Å²) in [7, 11) is 0. The summed E-state index contributed by atoms with van der Waals surface area (Å²) in [5.74, 6) is -0.918. The van der Waals surface area contributed by atoms with Gasteiger partial charge in [0.05, 0.1) is 0 Å². The average molecular weight is 881 g/mol. The molecule has 0 aliphatic heterocycles. The van der Waals surface area contributed by atoms with Crippen molar-refractivity contribution in [2.45, 2.75) is 271 Å². The fraction of sp³-hybridized carbons (Fsp3) is 0.772. The first-order valence-corrected chi connectivity index (χ1v) is 26.8. The second-order valence-corrected chi connectivity index (χ2v) is 17.8. The van der Waals surface area contributed by atoms with Crippen LogP contribution in [0.25, 0.3) is 0 Å². The lowest BCUT2D eigenvalue weighted by atomic mass is 10.1. The monoisotopic (exact) mass is 881 g/mol. The molecule has 0 aliphatic rings. The Hall–Kier alpha value is -2.89. The van der Waals surface area contributed by atoms with Crippen molar-refractivity contribution >= 4 is 17.9 Å². The lowest BCUT2D eigenvalue weighted by Crippen LogP contribution is -2.30. The molecule has 0 spiro atoms. The fourth-order valence-electron chi connectivity index (χ4n) is 7.49. The van der Waals surface area contributed by atoms with Crippen LogP contribution in [0.4, 0.5) is 0 Å². The van der Waals surface area contributed by atoms with Gasteiger partial charge in [-0.3, -0.25) is 14.4 Å². The molecule has 1 atom stereocenters. The second kappa shape index (κ2) is 51.7. The van der Waals surface area contributed by atoms with E-state index in [0.717, 1.165) is 89.9 Å². The zero-order valence-corrected chi connectivity index (χ0v) is 41.6. The topological polar surface area (TPSA) is 78.9 Å². The van der Waals surface area contributed by atoms with Crippen LogP contribution in [0.3, 0.4) is 0 Å². The van der Waals surface area contributed by atoms with Crippen LogP contribution in [-0.2, 0) is 28.6 Å². The Bertz CT molecular complexity index is 1150. The van der Waals surface area contributed by atoms with Crippen molar-refractivity contribution in [2.75, 3.05) is 13.2 Å². The van der Waals surface area contributed by atoms with E-state index in [4.69, 9.17) is 14.2 Å². The maximum atomic E-state index is 12.8. The molecule has 0 fully saturated rings. The summed E-state index contributed by atoms with van der Waals surface area (Å²) in [6.45, 7) is 6.48. The van der Waals surface area contributed by atoms with Crippen molar-refractivity contribution < 1.29 is 28.6 Å². The molecule has 0 aromatic heterocycles. The predicted octanol–water partition coefficient (Wildman–Crippen LogP) is 17.6. The number of ether oxygens (including phenoxy) is 3. The molecule has 0 radical (unpaired) electrons. The summed E-state index contributed by atoms with van der Waals surface area (Å²) in [6, 6.07) is 0. The lowest BCUT2D eigenvalue weighted by molar-refractivity contribution is -0.167. The molecule has 0 heterocycles. The zero-order chi connectivity index (χ0) is 45.8. The number of unbranched alkanes of at least 4 members (excludes halogenated alkanes) is 29. The molecule has 0 rings (SSSR count). The second-order valence-electron chi connectivity index (χ2n) is 17.8. The summed E-state index contributed by atoms with van der Waals surface area (Å²) in [5.41, 5.74) is 0. The Labute approximate surface area is 390 Å². The van der Waals surface area contributed by atoms with Gasteiger partial charge in [-0.1, -0.05) is 216 Å². The summed E-state index contributed by atoms with van der Waals surface area (Å²) < 4.78 is 16.8. The quantitative estimate of drug-likeness (QED) is 0.0199. The van der Waals surface area contributed by atoms with E-state index in [1.807, 2.05) is 0 Å². The molecule has 0 aromatic carbocycles. The Balaban J connectivity index is 4.42. The van der Waals surface area contributed by atoms with Crippen LogP contribution in [-0.4, -0.2) is 37.2 Å². The highest BCUT2D eigenvalue weighted by molar-refractivity contribution is 5.71. The molecule has 0 amide bonds. The van der Waals surface area contributed by atoms with Gasteiger partial charge in [0.15, 0.2) is 6.10 Å². The van der Waals surface area contributed by atoms with Gasteiger partial charge in [0.2, 0.25) is 0 Å². The van der Waals surface area contributed by atoms with E-state index < -0.39 is 6.10 Å². The number of esters is 3. The van der Waals surface area contributed by atoms with Gasteiger partial charge in [-0.05, 0) is 89.9 Å². The fourth-order valence-corrected chi connectivity index (χ4v) is 7.49. The van der Waals surface area contributed by atoms with E-state index in [1.54, 1.807) is 0 Å². The zero-order valence-electron chi connectivity index (χ0n) is 41.6. The molecule has 0 saturated heterocycles. The molecule has 364 valence electrons. The number of allylic oxidation sites excluding steroid dienone is 10. The van der Waals surface area contributed by atoms with Crippen LogP contribution in [0.15, 0.2) is 60.8 Å². The Morgan fingerprint density at radius 1 is 0.333 bits per heavy atom. The first-order chi connectivity index (χ1) is 31.0. The third-order valence-corrected chi connectivity index (χ3v) is 11.5. The van der Waals surface area contributed by atoms with Gasteiger partial charge >= 0.3 is 17.9 Å². The number of hydrogen-bond donors (Lipinski definition) is 0. The molecule has 6 nitrogen and oxygen atoms in total. The van der Waals surface area contributed by atoms with Crippen LogP contribution in [0.2, 0.25) is 0 Å². The highest BCUT2D eigenvalue weighted by Crippen LogP contribution is 2.14. The van der Waals surface area contributed by atoms with Crippen LogP contribution in [0.1, 0.15) is 265 Å². The number of hydrogen-bond acceptors (Lipinski definition) is 6. The van der Waals surface area contributed by atoms with Crippen molar-refractivity contribution in [1.82, 2.24) is 0 Å². The molecule has 0 aliphatic carbocycles. The number of rotatable bonds is 48. The molecule has 0 saturated carbocycles. The number of carbonyl (C=O) groups excluding carboxylic acids is 3. The van der Waals surface area contributed by atoms with Gasteiger partial charge in [0.1, 0.15) is 13.2 Å². The van der Waals surface area contributed by atoms with Gasteiger partial charge in [0, 0.05) is 19.3 Å². The van der Waals surface area contributed by atoms with Crippen LogP contribution in [0, 0.1) is 0 Å². The predicted molar refractivity (Wildman–Crippen MR) is 270 cm³/mol. The summed E-state index contributed by atoms with van der Waals surface area (Å²) >= 11 is 0. The Kier molecular flexibility index (Phi) is 49.4. The van der Waals surface area contributed by atoms with E-state index in [2.05, 4.69) is 81.5 Å². The van der Waals surface area contributed by atoms with Crippen molar-refractivity contribution in [3.63, 3.8) is 0 Å². The Morgan fingerprint density at radius 2 is 0.635 bits per heavy atom. The summed E-state index contributed by atoms with van der Waals surface area (Å²) in [5, 5.41) is 0. The summed E-state index contributed by atoms with van der Waals surface area (Å²) in [4.78, 5) is 38.0. The van der Waals surface area contributed by atoms with E-state index in [9.17, 15) is 14.4 Å². The third-order valence-electron chi connectivity index (χ3n) is 11.5. The molecule has 0 N–H and O–H groups in total. The molecule has 63 heavy (non-hydrogen) atoms. The maximum Gasteiger partial charge on any atom is 0.306 e. The molecular weight excluding hydrogens is 781 g/mol. The normalized spacial score (nSPS) is 12.5. The first kappa shape index (κ1) is 60.1. The molecule has 1 unspecified atom stereocenters. The summed E-state index contributed by atoms with van der Waals surface area (Å²) in [6.07, 6.45) is 63.5. The standard InChI is InChI=1S/C57H100O6/c1-4-7-10-13-16-19-22-25-28-30-32-35-38-41-44-47-50-56(59)62-53-54(52-61-55(58)49-46-43-40-37-34-31-27-24-21-18-15-12-9-6-3)63-57(60)51-48-45-42-39-36-33-29-26-23-20-17-14-11-8-5-2/h8,11,14,17,20,23,28,30-31,34,54H,4-7,9-10,12-13,15-16,18-19,21-22,24-27,29,32-33,35-53H2,1-3H3/b11-8-,17-14-,23-20-,30-28-,34-31-.